The smallest absolute Gasteiger partial charge is 0.0797 e. The maximum absolute atomic E-state index is 4.23. The van der Waals surface area contributed by atoms with Gasteiger partial charge >= 0.3 is 0 Å². The van der Waals surface area contributed by atoms with Crippen LogP contribution in [0.2, 0.25) is 6.55 Å². The fourth-order valence-corrected chi connectivity index (χ4v) is 4.05. The zero-order valence-electron chi connectivity index (χ0n) is 4.96. The topological polar surface area (TPSA) is 0 Å². The van der Waals surface area contributed by atoms with Gasteiger partial charge in [-0.05, 0) is 16.1 Å². The number of thiol groups is 3. The first kappa shape index (κ1) is 9.27. The molecule has 0 unspecified atom stereocenters. The molecule has 0 bridgehead atoms. The van der Waals surface area contributed by atoms with Crippen LogP contribution in [0.3, 0.4) is 0 Å². The molecule has 0 aliphatic carbocycles. The van der Waals surface area contributed by atoms with E-state index in [1.807, 2.05) is 0 Å². The van der Waals surface area contributed by atoms with Crippen molar-refractivity contribution in [1.29, 1.82) is 0 Å². The highest BCUT2D eigenvalue weighted by molar-refractivity contribution is 7.88. The molecule has 0 aromatic carbocycles. The molecule has 0 fully saturated rings. The van der Waals surface area contributed by atoms with Crippen LogP contribution in [0.4, 0.5) is 0 Å². The lowest BCUT2D eigenvalue weighted by Gasteiger charge is -2.18. The van der Waals surface area contributed by atoms with Crippen molar-refractivity contribution in [3.63, 3.8) is 0 Å². The van der Waals surface area contributed by atoms with E-state index in [0.29, 0.717) is 0 Å². The number of rotatable bonds is 3. The zero-order chi connectivity index (χ0) is 6.62. The predicted octanol–water partition coefficient (Wildman–Crippen LogP) is 1.47. The Labute approximate surface area is 68.7 Å². The van der Waals surface area contributed by atoms with Crippen molar-refractivity contribution in [3.05, 3.63) is 0 Å². The van der Waals surface area contributed by atoms with Crippen LogP contribution in [0.25, 0.3) is 0 Å². The lowest BCUT2D eigenvalue weighted by Crippen LogP contribution is -2.38. The van der Waals surface area contributed by atoms with Gasteiger partial charge in [0, 0.05) is 0 Å². The second-order valence-corrected chi connectivity index (χ2v) is 9.70. The summed E-state index contributed by atoms with van der Waals surface area (Å²) in [6, 6.07) is 0. The van der Waals surface area contributed by atoms with Crippen molar-refractivity contribution in [2.75, 3.05) is 16.1 Å². The summed E-state index contributed by atoms with van der Waals surface area (Å²) < 4.78 is 0. The van der Waals surface area contributed by atoms with Crippen LogP contribution in [-0.2, 0) is 0 Å². The first-order valence-corrected chi connectivity index (χ1v) is 7.53. The lowest BCUT2D eigenvalue weighted by molar-refractivity contribution is 1.64. The molecule has 0 radical (unpaired) electrons. The second-order valence-electron chi connectivity index (χ2n) is 2.29. The largest absolute Gasteiger partial charge is 0.182 e. The first-order chi connectivity index (χ1) is 3.68. The van der Waals surface area contributed by atoms with Crippen LogP contribution in [0.15, 0.2) is 0 Å². The summed E-state index contributed by atoms with van der Waals surface area (Å²) in [7, 11) is -1.08. The van der Waals surface area contributed by atoms with E-state index in [1.54, 1.807) is 0 Å². The number of hydrogen-bond donors (Lipinski definition) is 3. The summed E-state index contributed by atoms with van der Waals surface area (Å²) in [5.74, 6) is 0. The van der Waals surface area contributed by atoms with E-state index in [2.05, 4.69) is 44.4 Å². The van der Waals surface area contributed by atoms with Gasteiger partial charge in [-0.15, -0.1) is 0 Å². The van der Waals surface area contributed by atoms with Crippen molar-refractivity contribution >= 4 is 46.0 Å². The van der Waals surface area contributed by atoms with Crippen molar-refractivity contribution in [1.82, 2.24) is 0 Å². The van der Waals surface area contributed by atoms with Gasteiger partial charge in [-0.1, -0.05) is 6.55 Å². The zero-order valence-corrected chi connectivity index (χ0v) is 8.65. The van der Waals surface area contributed by atoms with Gasteiger partial charge in [0.05, 0.1) is 8.07 Å². The van der Waals surface area contributed by atoms with Crippen molar-refractivity contribution in [2.45, 2.75) is 6.55 Å². The highest BCUT2D eigenvalue weighted by atomic mass is 32.1. The molecule has 0 aromatic rings. The summed E-state index contributed by atoms with van der Waals surface area (Å²) >= 11 is 12.7. The third kappa shape index (κ3) is 2.71. The maximum Gasteiger partial charge on any atom is 0.0797 e. The van der Waals surface area contributed by atoms with E-state index in [-0.39, 0.29) is 0 Å². The van der Waals surface area contributed by atoms with Crippen molar-refractivity contribution in [2.24, 2.45) is 0 Å². The van der Waals surface area contributed by atoms with Crippen LogP contribution < -0.4 is 0 Å². The van der Waals surface area contributed by atoms with Crippen LogP contribution >= 0.6 is 37.9 Å². The van der Waals surface area contributed by atoms with E-state index in [0.717, 1.165) is 16.1 Å². The number of hydrogen-bond acceptors (Lipinski definition) is 3. The normalized spacial score (nSPS) is 12.0. The molecule has 0 aromatic heterocycles. The van der Waals surface area contributed by atoms with E-state index >= 15 is 0 Å². The Morgan fingerprint density at radius 3 is 1.25 bits per heavy atom. The van der Waals surface area contributed by atoms with Crippen LogP contribution in [-0.4, -0.2) is 24.2 Å². The summed E-state index contributed by atoms with van der Waals surface area (Å²) in [6.45, 7) is 2.26. The van der Waals surface area contributed by atoms with E-state index in [4.69, 9.17) is 0 Å². The van der Waals surface area contributed by atoms with E-state index < -0.39 is 8.07 Å². The molecule has 4 heteroatoms. The van der Waals surface area contributed by atoms with Crippen molar-refractivity contribution < 1.29 is 0 Å². The van der Waals surface area contributed by atoms with Gasteiger partial charge in [0.25, 0.3) is 0 Å². The Balaban J connectivity index is 3.58. The summed E-state index contributed by atoms with van der Waals surface area (Å²) in [4.78, 5) is 0. The van der Waals surface area contributed by atoms with Crippen LogP contribution in [0.1, 0.15) is 0 Å². The van der Waals surface area contributed by atoms with Crippen molar-refractivity contribution in [3.8, 4) is 0 Å². The molecule has 0 heterocycles. The Hall–Kier alpha value is 1.27. The Morgan fingerprint density at radius 1 is 1.00 bits per heavy atom. The molecule has 8 heavy (non-hydrogen) atoms. The molecule has 0 rings (SSSR count). The van der Waals surface area contributed by atoms with Gasteiger partial charge in [-0.3, -0.25) is 0 Å². The minimum absolute atomic E-state index is 1.00. The summed E-state index contributed by atoms with van der Waals surface area (Å²) in [5.41, 5.74) is 0. The van der Waals surface area contributed by atoms with E-state index in [1.165, 1.54) is 0 Å². The molecule has 0 amide bonds. The molecular formula is C4H12S3Si. The molecular weight excluding hydrogens is 172 g/mol. The molecule has 0 saturated carbocycles. The fraction of sp³-hybridized carbons (Fsp3) is 1.00. The van der Waals surface area contributed by atoms with Gasteiger partial charge in [0.2, 0.25) is 0 Å². The highest BCUT2D eigenvalue weighted by Gasteiger charge is 2.20. The minimum Gasteiger partial charge on any atom is -0.182 e. The third-order valence-electron chi connectivity index (χ3n) is 1.15. The Morgan fingerprint density at radius 2 is 1.25 bits per heavy atom. The highest BCUT2D eigenvalue weighted by Crippen LogP contribution is 2.07. The molecule has 0 nitrogen and oxygen atoms in total. The Bertz CT molecular complexity index is 54.0. The molecule has 0 N–H and O–H groups in total. The predicted molar refractivity (Wildman–Crippen MR) is 53.2 cm³/mol. The average Bonchev–Trinajstić information content (AvgIpc) is 1.87. The maximum atomic E-state index is 4.23. The molecule has 0 spiro atoms. The standard InChI is InChI=1S/C4H12S3Si/c1-8(2-5,3-6)4-7/h5-7H,2-4H2,1H3. The Kier molecular flexibility index (Phi) is 4.80. The third-order valence-corrected chi connectivity index (χ3v) is 10.3. The van der Waals surface area contributed by atoms with Gasteiger partial charge in [0.15, 0.2) is 0 Å². The van der Waals surface area contributed by atoms with Gasteiger partial charge in [-0.25, -0.2) is 0 Å². The molecule has 0 atom stereocenters. The SMILES string of the molecule is C[Si](CS)(CS)CS. The fourth-order valence-electron chi connectivity index (χ4n) is 0.150. The van der Waals surface area contributed by atoms with Gasteiger partial charge < -0.3 is 0 Å². The van der Waals surface area contributed by atoms with Crippen LogP contribution in [0, 0.1) is 0 Å². The van der Waals surface area contributed by atoms with Gasteiger partial charge in [-0.2, -0.15) is 37.9 Å². The lowest BCUT2D eigenvalue weighted by atomic mass is 11.7. The quantitative estimate of drug-likeness (QED) is 0.429. The van der Waals surface area contributed by atoms with E-state index in [9.17, 15) is 0 Å². The first-order valence-electron chi connectivity index (χ1n) is 2.51. The average molecular weight is 184 g/mol. The second kappa shape index (κ2) is 4.14. The van der Waals surface area contributed by atoms with Crippen LogP contribution in [0.5, 0.6) is 0 Å². The molecule has 0 aliphatic heterocycles. The monoisotopic (exact) mass is 184 g/mol. The summed E-state index contributed by atoms with van der Waals surface area (Å²) in [6.07, 6.45) is 0. The molecule has 0 aliphatic rings. The molecule has 0 saturated heterocycles. The summed E-state index contributed by atoms with van der Waals surface area (Å²) in [5, 5.41) is 3.00. The molecule has 50 valence electrons. The minimum atomic E-state index is -1.08. The van der Waals surface area contributed by atoms with Gasteiger partial charge in [0.1, 0.15) is 0 Å².